The molecule has 0 aliphatic rings. The number of halogens is 3. The predicted octanol–water partition coefficient (Wildman–Crippen LogP) is 1.89. The minimum absolute atomic E-state index is 0.273. The Labute approximate surface area is 108 Å². The standard InChI is InChI=1S/C12H14F3NO3/c13-12(14,15)6-7-19-8-11(16,10(17)18)9-4-2-1-3-5-9/h1-5H,6-8,16H2,(H,17,18). The lowest BCUT2D eigenvalue weighted by molar-refractivity contribution is -0.152. The largest absolute Gasteiger partial charge is 0.480 e. The highest BCUT2D eigenvalue weighted by atomic mass is 19.4. The Bertz CT molecular complexity index is 422. The van der Waals surface area contributed by atoms with Crippen LogP contribution in [0.15, 0.2) is 30.3 Å². The minimum atomic E-state index is -4.34. The summed E-state index contributed by atoms with van der Waals surface area (Å²) >= 11 is 0. The van der Waals surface area contributed by atoms with E-state index in [1.54, 1.807) is 18.2 Å². The second-order valence-corrected chi connectivity index (χ2v) is 4.06. The minimum Gasteiger partial charge on any atom is -0.480 e. The molecule has 7 heteroatoms. The number of hydrogen-bond acceptors (Lipinski definition) is 3. The maximum atomic E-state index is 11.9. The molecule has 19 heavy (non-hydrogen) atoms. The molecule has 106 valence electrons. The summed E-state index contributed by atoms with van der Waals surface area (Å²) in [4.78, 5) is 11.2. The molecule has 1 aromatic rings. The number of rotatable bonds is 6. The van der Waals surface area contributed by atoms with E-state index in [1.165, 1.54) is 12.1 Å². The van der Waals surface area contributed by atoms with Gasteiger partial charge in [0.25, 0.3) is 0 Å². The van der Waals surface area contributed by atoms with Crippen LogP contribution in [0.3, 0.4) is 0 Å². The highest BCUT2D eigenvalue weighted by molar-refractivity contribution is 5.80. The van der Waals surface area contributed by atoms with Crippen LogP contribution in [0.25, 0.3) is 0 Å². The van der Waals surface area contributed by atoms with Crippen LogP contribution in [-0.2, 0) is 15.1 Å². The van der Waals surface area contributed by atoms with Crippen LogP contribution in [0.5, 0.6) is 0 Å². The Hall–Kier alpha value is -1.60. The SMILES string of the molecule is NC(COCCC(F)(F)F)(C(=O)O)c1ccccc1. The Morgan fingerprint density at radius 2 is 1.84 bits per heavy atom. The molecule has 0 radical (unpaired) electrons. The van der Waals surface area contributed by atoms with E-state index in [0.717, 1.165) is 0 Å². The van der Waals surface area contributed by atoms with Gasteiger partial charge in [0, 0.05) is 0 Å². The maximum absolute atomic E-state index is 11.9. The van der Waals surface area contributed by atoms with Gasteiger partial charge >= 0.3 is 12.1 Å². The summed E-state index contributed by atoms with van der Waals surface area (Å²) in [5.41, 5.74) is 4.12. The molecule has 0 amide bonds. The van der Waals surface area contributed by atoms with E-state index < -0.39 is 37.3 Å². The van der Waals surface area contributed by atoms with Gasteiger partial charge < -0.3 is 15.6 Å². The summed E-state index contributed by atoms with van der Waals surface area (Å²) in [6.45, 7) is -1.15. The van der Waals surface area contributed by atoms with Gasteiger partial charge in [0.15, 0.2) is 5.54 Å². The Morgan fingerprint density at radius 1 is 1.26 bits per heavy atom. The fourth-order valence-corrected chi connectivity index (χ4v) is 1.43. The molecule has 0 bridgehead atoms. The second-order valence-electron chi connectivity index (χ2n) is 4.06. The zero-order valence-corrected chi connectivity index (χ0v) is 9.98. The molecule has 0 aliphatic carbocycles. The van der Waals surface area contributed by atoms with E-state index in [0.29, 0.717) is 0 Å². The van der Waals surface area contributed by atoms with E-state index in [9.17, 15) is 18.0 Å². The summed E-state index contributed by atoms with van der Waals surface area (Å²) in [7, 11) is 0. The lowest BCUT2D eigenvalue weighted by Gasteiger charge is -2.25. The van der Waals surface area contributed by atoms with Crippen LogP contribution in [-0.4, -0.2) is 30.5 Å². The second kappa shape index (κ2) is 6.03. The molecule has 0 saturated heterocycles. The van der Waals surface area contributed by atoms with Gasteiger partial charge in [0.1, 0.15) is 0 Å². The van der Waals surface area contributed by atoms with Crippen molar-refractivity contribution in [2.75, 3.05) is 13.2 Å². The van der Waals surface area contributed by atoms with Crippen molar-refractivity contribution in [2.45, 2.75) is 18.1 Å². The van der Waals surface area contributed by atoms with E-state index in [2.05, 4.69) is 0 Å². The Kier molecular flexibility index (Phi) is 4.90. The molecule has 0 heterocycles. The fourth-order valence-electron chi connectivity index (χ4n) is 1.43. The summed E-state index contributed by atoms with van der Waals surface area (Å²) in [5.74, 6) is -1.36. The van der Waals surface area contributed by atoms with Crippen molar-refractivity contribution in [3.05, 3.63) is 35.9 Å². The number of carboxylic acids is 1. The maximum Gasteiger partial charge on any atom is 0.391 e. The van der Waals surface area contributed by atoms with Gasteiger partial charge in [-0.1, -0.05) is 30.3 Å². The molecule has 3 N–H and O–H groups in total. The van der Waals surface area contributed by atoms with Crippen LogP contribution in [0.1, 0.15) is 12.0 Å². The fraction of sp³-hybridized carbons (Fsp3) is 0.417. The van der Waals surface area contributed by atoms with Crippen LogP contribution in [0, 0.1) is 0 Å². The van der Waals surface area contributed by atoms with Crippen LogP contribution >= 0.6 is 0 Å². The summed E-state index contributed by atoms with van der Waals surface area (Å²) in [5, 5.41) is 9.12. The van der Waals surface area contributed by atoms with Crippen molar-refractivity contribution >= 4 is 5.97 Å². The number of aliphatic carboxylic acids is 1. The van der Waals surface area contributed by atoms with Crippen molar-refractivity contribution in [3.63, 3.8) is 0 Å². The van der Waals surface area contributed by atoms with Gasteiger partial charge in [-0.3, -0.25) is 0 Å². The lowest BCUT2D eigenvalue weighted by atomic mass is 9.92. The van der Waals surface area contributed by atoms with Gasteiger partial charge in [0.05, 0.1) is 19.6 Å². The first kappa shape index (κ1) is 15.5. The highest BCUT2D eigenvalue weighted by Gasteiger charge is 2.37. The third-order valence-electron chi connectivity index (χ3n) is 2.53. The molecule has 0 spiro atoms. The number of carboxylic acid groups (broad SMARTS) is 1. The molecule has 0 aromatic heterocycles. The predicted molar refractivity (Wildman–Crippen MR) is 61.4 cm³/mol. The van der Waals surface area contributed by atoms with Gasteiger partial charge in [0.2, 0.25) is 0 Å². The molecule has 0 fully saturated rings. The van der Waals surface area contributed by atoms with Gasteiger partial charge in [-0.05, 0) is 5.56 Å². The Morgan fingerprint density at radius 3 is 2.32 bits per heavy atom. The quantitative estimate of drug-likeness (QED) is 0.779. The first-order valence-corrected chi connectivity index (χ1v) is 5.48. The van der Waals surface area contributed by atoms with E-state index in [4.69, 9.17) is 15.6 Å². The van der Waals surface area contributed by atoms with Crippen LogP contribution < -0.4 is 5.73 Å². The molecule has 4 nitrogen and oxygen atoms in total. The number of benzene rings is 1. The smallest absolute Gasteiger partial charge is 0.391 e. The van der Waals surface area contributed by atoms with Gasteiger partial charge in [-0.25, -0.2) is 4.79 Å². The number of nitrogens with two attached hydrogens (primary N) is 1. The average Bonchev–Trinajstić information content (AvgIpc) is 2.34. The molecular weight excluding hydrogens is 263 g/mol. The zero-order chi connectivity index (χ0) is 14.5. The van der Waals surface area contributed by atoms with E-state index in [-0.39, 0.29) is 5.56 Å². The number of ether oxygens (including phenoxy) is 1. The van der Waals surface area contributed by atoms with Crippen molar-refractivity contribution in [1.82, 2.24) is 0 Å². The molecule has 1 atom stereocenters. The molecular formula is C12H14F3NO3. The number of alkyl halides is 3. The van der Waals surface area contributed by atoms with Crippen LogP contribution in [0.4, 0.5) is 13.2 Å². The molecule has 0 aliphatic heterocycles. The van der Waals surface area contributed by atoms with Crippen molar-refractivity contribution in [1.29, 1.82) is 0 Å². The monoisotopic (exact) mass is 277 g/mol. The van der Waals surface area contributed by atoms with Crippen molar-refractivity contribution in [2.24, 2.45) is 5.73 Å². The zero-order valence-electron chi connectivity index (χ0n) is 9.98. The number of carbonyl (C=O) groups is 1. The summed E-state index contributed by atoms with van der Waals surface area (Å²) in [6, 6.07) is 7.84. The summed E-state index contributed by atoms with van der Waals surface area (Å²) in [6.07, 6.45) is -5.48. The molecule has 1 aromatic carbocycles. The van der Waals surface area contributed by atoms with E-state index >= 15 is 0 Å². The van der Waals surface area contributed by atoms with Crippen molar-refractivity contribution in [3.8, 4) is 0 Å². The van der Waals surface area contributed by atoms with Gasteiger partial charge in [-0.15, -0.1) is 0 Å². The third-order valence-corrected chi connectivity index (χ3v) is 2.53. The molecule has 0 saturated carbocycles. The summed E-state index contributed by atoms with van der Waals surface area (Å²) < 4.78 is 40.6. The van der Waals surface area contributed by atoms with Crippen LogP contribution in [0.2, 0.25) is 0 Å². The lowest BCUT2D eigenvalue weighted by Crippen LogP contribution is -2.49. The number of hydrogen-bond donors (Lipinski definition) is 2. The van der Waals surface area contributed by atoms with Crippen molar-refractivity contribution < 1.29 is 27.8 Å². The first-order valence-electron chi connectivity index (χ1n) is 5.48. The topological polar surface area (TPSA) is 72.5 Å². The normalized spacial score (nSPS) is 14.9. The highest BCUT2D eigenvalue weighted by Crippen LogP contribution is 2.22. The van der Waals surface area contributed by atoms with Gasteiger partial charge in [-0.2, -0.15) is 13.2 Å². The molecule has 1 rings (SSSR count). The first-order chi connectivity index (χ1) is 8.76. The van der Waals surface area contributed by atoms with E-state index in [1.807, 2.05) is 0 Å². The average molecular weight is 277 g/mol. The third kappa shape index (κ3) is 4.53. The molecule has 1 unspecified atom stereocenters. The Balaban J connectivity index is 2.66.